The summed E-state index contributed by atoms with van der Waals surface area (Å²) in [6, 6.07) is 17.7. The molecule has 150 valence electrons. The number of tetrazole rings is 1. The Labute approximate surface area is 174 Å². The highest BCUT2D eigenvalue weighted by atomic mass is 35.5. The summed E-state index contributed by atoms with van der Waals surface area (Å²) in [5, 5.41) is 16.0. The van der Waals surface area contributed by atoms with Gasteiger partial charge in [0.15, 0.2) is 0 Å². The second-order valence-corrected chi connectivity index (χ2v) is 7.56. The second kappa shape index (κ2) is 9.15. The van der Waals surface area contributed by atoms with Crippen molar-refractivity contribution in [1.82, 2.24) is 30.4 Å². The molecule has 1 amide bonds. The molecule has 0 radical (unpaired) electrons. The molecule has 1 aliphatic heterocycles. The molecule has 7 nitrogen and oxygen atoms in total. The summed E-state index contributed by atoms with van der Waals surface area (Å²) in [6.07, 6.45) is 2.40. The highest BCUT2D eigenvalue weighted by Gasteiger charge is 2.24. The number of nitrogens with zero attached hydrogens (tertiary/aromatic N) is 5. The Kier molecular flexibility index (Phi) is 6.17. The zero-order valence-electron chi connectivity index (χ0n) is 16.0. The van der Waals surface area contributed by atoms with Crippen molar-refractivity contribution in [3.63, 3.8) is 0 Å². The number of hydrogen-bond donors (Lipinski definition) is 1. The number of benzene rings is 2. The maximum Gasteiger partial charge on any atom is 0.243 e. The molecular formula is C21H23ClN6O. The van der Waals surface area contributed by atoms with Gasteiger partial charge in [0.1, 0.15) is 6.54 Å². The lowest BCUT2D eigenvalue weighted by atomic mass is 10.1. The van der Waals surface area contributed by atoms with Crippen LogP contribution in [0.1, 0.15) is 24.4 Å². The van der Waals surface area contributed by atoms with Crippen LogP contribution in [0.2, 0.25) is 5.02 Å². The van der Waals surface area contributed by atoms with E-state index in [0.717, 1.165) is 18.7 Å². The van der Waals surface area contributed by atoms with Crippen molar-refractivity contribution in [3.05, 3.63) is 65.2 Å². The number of amides is 1. The van der Waals surface area contributed by atoms with Gasteiger partial charge in [0.2, 0.25) is 11.7 Å². The van der Waals surface area contributed by atoms with Crippen molar-refractivity contribution in [1.29, 1.82) is 0 Å². The summed E-state index contributed by atoms with van der Waals surface area (Å²) in [4.78, 5) is 16.2. The Morgan fingerprint density at radius 2 is 1.79 bits per heavy atom. The first-order valence-electron chi connectivity index (χ1n) is 9.78. The normalized spacial score (nSPS) is 15.3. The van der Waals surface area contributed by atoms with Crippen LogP contribution < -0.4 is 5.32 Å². The molecule has 1 aromatic heterocycles. The third-order valence-electron chi connectivity index (χ3n) is 5.10. The molecule has 0 saturated carbocycles. The van der Waals surface area contributed by atoms with Gasteiger partial charge in [-0.2, -0.15) is 4.80 Å². The van der Waals surface area contributed by atoms with Crippen LogP contribution in [0, 0.1) is 0 Å². The van der Waals surface area contributed by atoms with Crippen molar-refractivity contribution in [3.8, 4) is 11.4 Å². The minimum absolute atomic E-state index is 0.0299. The quantitative estimate of drug-likeness (QED) is 0.648. The minimum Gasteiger partial charge on any atom is -0.353 e. The monoisotopic (exact) mass is 410 g/mol. The van der Waals surface area contributed by atoms with E-state index >= 15 is 0 Å². The van der Waals surface area contributed by atoms with Gasteiger partial charge < -0.3 is 5.32 Å². The SMILES string of the molecule is O=C(Cn1nnc(-c2ccc(Cl)cc2)n1)NCC(c1ccccc1)N1CCCC1. The van der Waals surface area contributed by atoms with Gasteiger partial charge in [-0.1, -0.05) is 41.9 Å². The topological polar surface area (TPSA) is 75.9 Å². The summed E-state index contributed by atoms with van der Waals surface area (Å²) in [7, 11) is 0. The van der Waals surface area contributed by atoms with Gasteiger partial charge in [0.25, 0.3) is 0 Å². The predicted octanol–water partition coefficient (Wildman–Crippen LogP) is 2.95. The van der Waals surface area contributed by atoms with Gasteiger partial charge in [-0.05, 0) is 61.0 Å². The first kappa shape index (κ1) is 19.5. The van der Waals surface area contributed by atoms with Crippen molar-refractivity contribution in [2.75, 3.05) is 19.6 Å². The van der Waals surface area contributed by atoms with Crippen LogP contribution in [0.5, 0.6) is 0 Å². The molecule has 0 spiro atoms. The number of aromatic nitrogens is 4. The standard InChI is InChI=1S/C21H23ClN6O/c22-18-10-8-17(9-11-18)21-24-26-28(25-21)15-20(29)23-14-19(27-12-4-5-13-27)16-6-2-1-3-7-16/h1-3,6-11,19H,4-5,12-15H2,(H,23,29). The Hall–Kier alpha value is -2.77. The fraction of sp³-hybridized carbons (Fsp3) is 0.333. The molecule has 0 bridgehead atoms. The molecule has 3 aromatic rings. The van der Waals surface area contributed by atoms with Gasteiger partial charge in [0, 0.05) is 17.1 Å². The summed E-state index contributed by atoms with van der Waals surface area (Å²) >= 11 is 5.91. The predicted molar refractivity (Wildman–Crippen MR) is 111 cm³/mol. The highest BCUT2D eigenvalue weighted by molar-refractivity contribution is 6.30. The third kappa shape index (κ3) is 4.99. The lowest BCUT2D eigenvalue weighted by molar-refractivity contribution is -0.122. The Morgan fingerprint density at radius 1 is 1.07 bits per heavy atom. The van der Waals surface area contributed by atoms with Crippen molar-refractivity contribution < 1.29 is 4.79 Å². The third-order valence-corrected chi connectivity index (χ3v) is 5.35. The molecule has 2 heterocycles. The molecule has 8 heteroatoms. The average Bonchev–Trinajstić information content (AvgIpc) is 3.42. The van der Waals surface area contributed by atoms with Crippen LogP contribution in [0.3, 0.4) is 0 Å². The van der Waals surface area contributed by atoms with Crippen LogP contribution in [-0.2, 0) is 11.3 Å². The molecular weight excluding hydrogens is 388 g/mol. The van der Waals surface area contributed by atoms with E-state index in [1.54, 1.807) is 12.1 Å². The van der Waals surface area contributed by atoms with Crippen molar-refractivity contribution in [2.24, 2.45) is 0 Å². The van der Waals surface area contributed by atoms with E-state index in [0.29, 0.717) is 17.4 Å². The van der Waals surface area contributed by atoms with E-state index in [-0.39, 0.29) is 18.5 Å². The van der Waals surface area contributed by atoms with Gasteiger partial charge >= 0.3 is 0 Å². The first-order valence-corrected chi connectivity index (χ1v) is 10.2. The van der Waals surface area contributed by atoms with Crippen LogP contribution in [0.25, 0.3) is 11.4 Å². The van der Waals surface area contributed by atoms with Crippen LogP contribution in [0.4, 0.5) is 0 Å². The fourth-order valence-electron chi connectivity index (χ4n) is 3.61. The molecule has 1 saturated heterocycles. The van der Waals surface area contributed by atoms with E-state index in [2.05, 4.69) is 37.8 Å². The first-order chi connectivity index (χ1) is 14.2. The molecule has 1 atom stereocenters. The molecule has 1 unspecified atom stereocenters. The van der Waals surface area contributed by atoms with Gasteiger partial charge in [-0.25, -0.2) is 0 Å². The van der Waals surface area contributed by atoms with Crippen LogP contribution >= 0.6 is 11.6 Å². The average molecular weight is 411 g/mol. The maximum atomic E-state index is 12.5. The van der Waals surface area contributed by atoms with Gasteiger partial charge in [-0.3, -0.25) is 9.69 Å². The number of rotatable bonds is 7. The number of halogens is 1. The molecule has 1 fully saturated rings. The van der Waals surface area contributed by atoms with Crippen molar-refractivity contribution >= 4 is 17.5 Å². The number of hydrogen-bond acceptors (Lipinski definition) is 5. The number of likely N-dealkylation sites (tertiary alicyclic amines) is 1. The molecule has 1 aliphatic rings. The van der Waals surface area contributed by atoms with Gasteiger partial charge in [0.05, 0.1) is 6.04 Å². The summed E-state index contributed by atoms with van der Waals surface area (Å²) in [6.45, 7) is 2.71. The molecule has 1 N–H and O–H groups in total. The summed E-state index contributed by atoms with van der Waals surface area (Å²) < 4.78 is 0. The lowest BCUT2D eigenvalue weighted by Gasteiger charge is -2.28. The highest BCUT2D eigenvalue weighted by Crippen LogP contribution is 2.24. The molecule has 0 aliphatic carbocycles. The van der Waals surface area contributed by atoms with E-state index in [4.69, 9.17) is 11.6 Å². The Balaban J connectivity index is 1.37. The number of nitrogens with one attached hydrogen (secondary N) is 1. The van der Waals surface area contributed by atoms with E-state index < -0.39 is 0 Å². The smallest absolute Gasteiger partial charge is 0.243 e. The summed E-state index contributed by atoms with van der Waals surface area (Å²) in [5.41, 5.74) is 2.03. The Morgan fingerprint density at radius 3 is 2.52 bits per heavy atom. The number of carbonyl (C=O) groups is 1. The molecule has 4 rings (SSSR count). The zero-order valence-corrected chi connectivity index (χ0v) is 16.8. The molecule has 29 heavy (non-hydrogen) atoms. The largest absolute Gasteiger partial charge is 0.353 e. The number of carbonyl (C=O) groups excluding carboxylic acids is 1. The van der Waals surface area contributed by atoms with E-state index in [9.17, 15) is 4.79 Å². The Bertz CT molecular complexity index is 937. The summed E-state index contributed by atoms with van der Waals surface area (Å²) in [5.74, 6) is 0.332. The maximum absolute atomic E-state index is 12.5. The fourth-order valence-corrected chi connectivity index (χ4v) is 3.73. The molecule has 2 aromatic carbocycles. The minimum atomic E-state index is -0.134. The van der Waals surface area contributed by atoms with E-state index in [1.807, 2.05) is 30.3 Å². The zero-order chi connectivity index (χ0) is 20.1. The van der Waals surface area contributed by atoms with Crippen LogP contribution in [-0.4, -0.2) is 50.6 Å². The van der Waals surface area contributed by atoms with Crippen molar-refractivity contribution in [2.45, 2.75) is 25.4 Å². The van der Waals surface area contributed by atoms with Gasteiger partial charge in [-0.15, -0.1) is 10.2 Å². The lowest BCUT2D eigenvalue weighted by Crippen LogP contribution is -2.38. The van der Waals surface area contributed by atoms with E-state index in [1.165, 1.54) is 23.2 Å². The second-order valence-electron chi connectivity index (χ2n) is 7.12. The van der Waals surface area contributed by atoms with Crippen LogP contribution in [0.15, 0.2) is 54.6 Å².